The molecule has 2 aromatic carbocycles. The molecule has 0 atom stereocenters. The van der Waals surface area contributed by atoms with Crippen molar-refractivity contribution in [1.29, 1.82) is 0 Å². The lowest BCUT2D eigenvalue weighted by Gasteiger charge is -2.05. The van der Waals surface area contributed by atoms with E-state index in [9.17, 15) is 0 Å². The lowest BCUT2D eigenvalue weighted by atomic mass is 10.1. The molecule has 2 rings (SSSR count). The van der Waals surface area contributed by atoms with Crippen molar-refractivity contribution in [2.24, 2.45) is 0 Å². The Morgan fingerprint density at radius 1 is 0.875 bits per heavy atom. The first-order chi connectivity index (χ1) is 7.79. The quantitative estimate of drug-likeness (QED) is 0.783. The van der Waals surface area contributed by atoms with Crippen LogP contribution in [0.2, 0.25) is 0 Å². The molecule has 0 unspecified atom stereocenters. The van der Waals surface area contributed by atoms with E-state index in [0.717, 1.165) is 10.6 Å². The Balaban J connectivity index is 2.24. The van der Waals surface area contributed by atoms with Crippen LogP contribution in [0.4, 0.5) is 0 Å². The highest BCUT2D eigenvalue weighted by atomic mass is 32.1. The highest BCUT2D eigenvalue weighted by Gasteiger charge is 1.97. The summed E-state index contributed by atoms with van der Waals surface area (Å²) in [7, 11) is 0. The average Bonchev–Trinajstić information content (AvgIpc) is 2.32. The smallest absolute Gasteiger partial charge is 0.119 e. The van der Waals surface area contributed by atoms with E-state index in [0.29, 0.717) is 6.61 Å². The van der Waals surface area contributed by atoms with Gasteiger partial charge >= 0.3 is 0 Å². The summed E-state index contributed by atoms with van der Waals surface area (Å²) in [6.07, 6.45) is 0. The van der Waals surface area contributed by atoms with Crippen LogP contribution in [0, 0.1) is 0 Å². The third-order valence-corrected chi connectivity index (χ3v) is 2.66. The molecule has 82 valence electrons. The predicted molar refractivity (Wildman–Crippen MR) is 70.3 cm³/mol. The topological polar surface area (TPSA) is 9.23 Å². The van der Waals surface area contributed by atoms with Crippen LogP contribution in [-0.4, -0.2) is 6.61 Å². The van der Waals surface area contributed by atoms with Crippen LogP contribution in [0.1, 0.15) is 6.92 Å². The van der Waals surface area contributed by atoms with Crippen LogP contribution in [0.5, 0.6) is 5.75 Å². The number of hydrogen-bond donors (Lipinski definition) is 1. The van der Waals surface area contributed by atoms with E-state index >= 15 is 0 Å². The van der Waals surface area contributed by atoms with Gasteiger partial charge in [0.15, 0.2) is 0 Å². The van der Waals surface area contributed by atoms with Gasteiger partial charge in [-0.3, -0.25) is 0 Å². The first-order valence-electron chi connectivity index (χ1n) is 5.32. The summed E-state index contributed by atoms with van der Waals surface area (Å²) in [5.41, 5.74) is 2.39. The fraction of sp³-hybridized carbons (Fsp3) is 0.143. The first kappa shape index (κ1) is 11.1. The number of benzene rings is 2. The Hall–Kier alpha value is -1.41. The molecule has 0 fully saturated rings. The van der Waals surface area contributed by atoms with Crippen molar-refractivity contribution in [2.45, 2.75) is 11.8 Å². The van der Waals surface area contributed by atoms with Crippen molar-refractivity contribution in [3.05, 3.63) is 48.5 Å². The molecule has 0 aliphatic carbocycles. The van der Waals surface area contributed by atoms with Gasteiger partial charge in [-0.15, -0.1) is 12.6 Å². The summed E-state index contributed by atoms with van der Waals surface area (Å²) in [4.78, 5) is 0.981. The second kappa shape index (κ2) is 5.08. The van der Waals surface area contributed by atoms with E-state index in [2.05, 4.69) is 36.9 Å². The van der Waals surface area contributed by atoms with Gasteiger partial charge in [0.2, 0.25) is 0 Å². The summed E-state index contributed by atoms with van der Waals surface area (Å²) >= 11 is 4.27. The highest BCUT2D eigenvalue weighted by Crippen LogP contribution is 2.23. The van der Waals surface area contributed by atoms with E-state index in [4.69, 9.17) is 4.74 Å². The summed E-state index contributed by atoms with van der Waals surface area (Å²) in [6, 6.07) is 16.2. The monoisotopic (exact) mass is 230 g/mol. The minimum atomic E-state index is 0.702. The second-order valence-electron chi connectivity index (χ2n) is 3.50. The summed E-state index contributed by atoms with van der Waals surface area (Å²) in [5, 5.41) is 0. The maximum atomic E-state index is 5.40. The van der Waals surface area contributed by atoms with Gasteiger partial charge < -0.3 is 4.74 Å². The Bertz CT molecular complexity index is 445. The van der Waals surface area contributed by atoms with Gasteiger partial charge in [-0.1, -0.05) is 24.3 Å². The minimum absolute atomic E-state index is 0.702. The number of thiol groups is 1. The summed E-state index contributed by atoms with van der Waals surface area (Å²) in [6.45, 7) is 2.69. The van der Waals surface area contributed by atoms with Crippen molar-refractivity contribution in [2.75, 3.05) is 6.61 Å². The fourth-order valence-electron chi connectivity index (χ4n) is 1.56. The Kier molecular flexibility index (Phi) is 3.52. The molecule has 2 aromatic rings. The molecule has 0 saturated carbocycles. The van der Waals surface area contributed by atoms with Crippen LogP contribution < -0.4 is 4.74 Å². The normalized spacial score (nSPS) is 10.1. The molecule has 0 aliphatic rings. The molecule has 0 bridgehead atoms. The first-order valence-corrected chi connectivity index (χ1v) is 5.76. The second-order valence-corrected chi connectivity index (χ2v) is 4.02. The number of hydrogen-bond acceptors (Lipinski definition) is 2. The van der Waals surface area contributed by atoms with E-state index in [1.807, 2.05) is 31.2 Å². The summed E-state index contributed by atoms with van der Waals surface area (Å²) in [5.74, 6) is 0.914. The molecule has 0 aromatic heterocycles. The van der Waals surface area contributed by atoms with Crippen molar-refractivity contribution >= 4 is 12.6 Å². The predicted octanol–water partition coefficient (Wildman–Crippen LogP) is 4.04. The molecular formula is C14H14OS. The average molecular weight is 230 g/mol. The Labute approximate surface area is 101 Å². The fourth-order valence-corrected chi connectivity index (χ4v) is 1.71. The van der Waals surface area contributed by atoms with E-state index in [-0.39, 0.29) is 0 Å². The zero-order valence-corrected chi connectivity index (χ0v) is 10.1. The Morgan fingerprint density at radius 3 is 1.88 bits per heavy atom. The Morgan fingerprint density at radius 2 is 1.38 bits per heavy atom. The van der Waals surface area contributed by atoms with E-state index < -0.39 is 0 Å². The molecule has 0 heterocycles. The third kappa shape index (κ3) is 2.58. The van der Waals surface area contributed by atoms with Crippen LogP contribution in [0.15, 0.2) is 53.4 Å². The van der Waals surface area contributed by atoms with Crippen molar-refractivity contribution in [3.63, 3.8) is 0 Å². The van der Waals surface area contributed by atoms with Crippen LogP contribution in [-0.2, 0) is 0 Å². The molecule has 2 heteroatoms. The SMILES string of the molecule is CCOc1ccc(-c2ccc(S)cc2)cc1. The molecule has 0 amide bonds. The number of ether oxygens (including phenoxy) is 1. The van der Waals surface area contributed by atoms with Gasteiger partial charge in [-0.05, 0) is 42.3 Å². The van der Waals surface area contributed by atoms with E-state index in [1.165, 1.54) is 11.1 Å². The van der Waals surface area contributed by atoms with Gasteiger partial charge in [0.05, 0.1) is 6.61 Å². The number of rotatable bonds is 3. The molecular weight excluding hydrogens is 216 g/mol. The van der Waals surface area contributed by atoms with Crippen molar-refractivity contribution in [3.8, 4) is 16.9 Å². The van der Waals surface area contributed by atoms with Gasteiger partial charge in [0, 0.05) is 4.90 Å². The third-order valence-electron chi connectivity index (χ3n) is 2.37. The molecule has 0 saturated heterocycles. The van der Waals surface area contributed by atoms with Crippen LogP contribution in [0.3, 0.4) is 0 Å². The molecule has 0 radical (unpaired) electrons. The lowest BCUT2D eigenvalue weighted by molar-refractivity contribution is 0.340. The molecule has 16 heavy (non-hydrogen) atoms. The van der Waals surface area contributed by atoms with Gasteiger partial charge in [0.1, 0.15) is 5.75 Å². The summed E-state index contributed by atoms with van der Waals surface area (Å²) < 4.78 is 5.40. The largest absolute Gasteiger partial charge is 0.494 e. The maximum absolute atomic E-state index is 5.40. The van der Waals surface area contributed by atoms with Gasteiger partial charge in [-0.2, -0.15) is 0 Å². The molecule has 0 spiro atoms. The van der Waals surface area contributed by atoms with Crippen molar-refractivity contribution in [1.82, 2.24) is 0 Å². The lowest BCUT2D eigenvalue weighted by Crippen LogP contribution is -1.90. The van der Waals surface area contributed by atoms with Gasteiger partial charge in [0.25, 0.3) is 0 Å². The highest BCUT2D eigenvalue weighted by molar-refractivity contribution is 7.80. The molecule has 0 N–H and O–H groups in total. The van der Waals surface area contributed by atoms with Gasteiger partial charge in [-0.25, -0.2) is 0 Å². The molecule has 1 nitrogen and oxygen atoms in total. The van der Waals surface area contributed by atoms with Crippen LogP contribution in [0.25, 0.3) is 11.1 Å². The molecule has 0 aliphatic heterocycles. The minimum Gasteiger partial charge on any atom is -0.494 e. The maximum Gasteiger partial charge on any atom is 0.119 e. The van der Waals surface area contributed by atoms with E-state index in [1.54, 1.807) is 0 Å². The van der Waals surface area contributed by atoms with Crippen LogP contribution >= 0.6 is 12.6 Å². The van der Waals surface area contributed by atoms with Crippen molar-refractivity contribution < 1.29 is 4.74 Å². The zero-order valence-electron chi connectivity index (χ0n) is 9.18. The zero-order chi connectivity index (χ0) is 11.4. The standard InChI is InChI=1S/C14H14OS/c1-2-15-13-7-3-11(4-8-13)12-5-9-14(16)10-6-12/h3-10,16H,2H2,1H3.